The van der Waals surface area contributed by atoms with Gasteiger partial charge < -0.3 is 11.1 Å². The first-order valence-corrected chi connectivity index (χ1v) is 6.98. The molecule has 1 aliphatic heterocycles. The van der Waals surface area contributed by atoms with Gasteiger partial charge in [0.05, 0.1) is 29.7 Å². The van der Waals surface area contributed by atoms with Crippen molar-refractivity contribution in [2.24, 2.45) is 0 Å². The molecule has 3 rings (SSSR count). The summed E-state index contributed by atoms with van der Waals surface area (Å²) in [7, 11) is 0. The minimum Gasteiger partial charge on any atom is -0.368 e. The predicted molar refractivity (Wildman–Crippen MR) is 78.3 cm³/mol. The molecule has 1 fully saturated rings. The molecule has 1 aliphatic rings. The molecule has 0 amide bonds. The Kier molecular flexibility index (Phi) is 3.54. The van der Waals surface area contributed by atoms with E-state index in [1.807, 2.05) is 11.6 Å². The van der Waals surface area contributed by atoms with Crippen LogP contribution in [0.4, 0.5) is 5.95 Å². The zero-order chi connectivity index (χ0) is 14.8. The lowest BCUT2D eigenvalue weighted by Crippen LogP contribution is -2.30. The SMILES string of the molecule is Cc1c(-c2nc(N)ncc2C#N)cnn1C1CCNCC1. The van der Waals surface area contributed by atoms with E-state index in [4.69, 9.17) is 5.73 Å². The Hall–Kier alpha value is -2.46. The molecular formula is C14H17N7. The Bertz CT molecular complexity index is 692. The first-order valence-electron chi connectivity index (χ1n) is 6.98. The number of hydrogen-bond acceptors (Lipinski definition) is 6. The van der Waals surface area contributed by atoms with Gasteiger partial charge in [-0.1, -0.05) is 0 Å². The molecule has 7 nitrogen and oxygen atoms in total. The number of nitrogens with two attached hydrogens (primary N) is 1. The topological polar surface area (TPSA) is 105 Å². The molecule has 7 heteroatoms. The van der Waals surface area contributed by atoms with Crippen molar-refractivity contribution in [2.45, 2.75) is 25.8 Å². The number of aromatic nitrogens is 4. The Labute approximate surface area is 122 Å². The van der Waals surface area contributed by atoms with Crippen molar-refractivity contribution in [1.29, 1.82) is 5.26 Å². The molecule has 1 saturated heterocycles. The molecule has 21 heavy (non-hydrogen) atoms. The lowest BCUT2D eigenvalue weighted by molar-refractivity contribution is 0.338. The second-order valence-electron chi connectivity index (χ2n) is 5.17. The van der Waals surface area contributed by atoms with Crippen LogP contribution in [0, 0.1) is 18.3 Å². The van der Waals surface area contributed by atoms with Crippen LogP contribution in [0.1, 0.15) is 30.1 Å². The van der Waals surface area contributed by atoms with Crippen LogP contribution in [0.5, 0.6) is 0 Å². The van der Waals surface area contributed by atoms with Crippen LogP contribution in [0.15, 0.2) is 12.4 Å². The average Bonchev–Trinajstić information content (AvgIpc) is 2.89. The maximum atomic E-state index is 9.21. The van der Waals surface area contributed by atoms with Gasteiger partial charge in [0, 0.05) is 11.3 Å². The Morgan fingerprint density at radius 1 is 1.38 bits per heavy atom. The summed E-state index contributed by atoms with van der Waals surface area (Å²) >= 11 is 0. The number of rotatable bonds is 2. The normalized spacial score (nSPS) is 15.8. The standard InChI is InChI=1S/C14H17N7/c1-9-12(13-10(6-15)7-18-14(16)20-13)8-19-21(9)11-2-4-17-5-3-11/h7-8,11,17H,2-5H2,1H3,(H2,16,18,20). The number of nitrogen functional groups attached to an aromatic ring is 1. The summed E-state index contributed by atoms with van der Waals surface area (Å²) in [5.41, 5.74) is 8.48. The highest BCUT2D eigenvalue weighted by atomic mass is 15.3. The van der Waals surface area contributed by atoms with E-state index in [0.717, 1.165) is 37.2 Å². The summed E-state index contributed by atoms with van der Waals surface area (Å²) < 4.78 is 2.04. The molecule has 0 atom stereocenters. The van der Waals surface area contributed by atoms with Crippen LogP contribution in [-0.4, -0.2) is 32.8 Å². The highest BCUT2D eigenvalue weighted by Gasteiger charge is 2.21. The van der Waals surface area contributed by atoms with E-state index >= 15 is 0 Å². The molecule has 0 radical (unpaired) electrons. The highest BCUT2D eigenvalue weighted by molar-refractivity contribution is 5.68. The first kappa shape index (κ1) is 13.5. The molecule has 3 heterocycles. The fourth-order valence-electron chi connectivity index (χ4n) is 2.76. The molecule has 108 valence electrons. The van der Waals surface area contributed by atoms with Gasteiger partial charge in [-0.05, 0) is 32.9 Å². The molecule has 2 aromatic rings. The van der Waals surface area contributed by atoms with Crippen LogP contribution < -0.4 is 11.1 Å². The summed E-state index contributed by atoms with van der Waals surface area (Å²) in [6.45, 7) is 4.01. The number of nitriles is 1. The van der Waals surface area contributed by atoms with E-state index in [1.54, 1.807) is 6.20 Å². The lowest BCUT2D eigenvalue weighted by Gasteiger charge is -2.24. The number of hydrogen-bond donors (Lipinski definition) is 2. The molecule has 0 bridgehead atoms. The van der Waals surface area contributed by atoms with Gasteiger partial charge in [-0.25, -0.2) is 9.97 Å². The van der Waals surface area contributed by atoms with Gasteiger partial charge >= 0.3 is 0 Å². The molecular weight excluding hydrogens is 266 g/mol. The zero-order valence-corrected chi connectivity index (χ0v) is 11.9. The third-order valence-electron chi connectivity index (χ3n) is 3.88. The first-order chi connectivity index (χ1) is 10.2. The summed E-state index contributed by atoms with van der Waals surface area (Å²) in [4.78, 5) is 8.08. The van der Waals surface area contributed by atoms with Gasteiger partial charge in [0.15, 0.2) is 0 Å². The molecule has 0 spiro atoms. The minimum absolute atomic E-state index is 0.165. The fraction of sp³-hybridized carbons (Fsp3) is 0.429. The van der Waals surface area contributed by atoms with Crippen LogP contribution in [0.3, 0.4) is 0 Å². The zero-order valence-electron chi connectivity index (χ0n) is 11.9. The van der Waals surface area contributed by atoms with Crippen LogP contribution >= 0.6 is 0 Å². The van der Waals surface area contributed by atoms with Crippen LogP contribution in [0.25, 0.3) is 11.3 Å². The maximum Gasteiger partial charge on any atom is 0.220 e. The second kappa shape index (κ2) is 5.50. The third kappa shape index (κ3) is 2.45. The largest absolute Gasteiger partial charge is 0.368 e. The second-order valence-corrected chi connectivity index (χ2v) is 5.17. The molecule has 0 aromatic carbocycles. The Balaban J connectivity index is 2.03. The van der Waals surface area contributed by atoms with E-state index in [9.17, 15) is 5.26 Å². The van der Waals surface area contributed by atoms with Crippen molar-refractivity contribution in [3.63, 3.8) is 0 Å². The van der Waals surface area contributed by atoms with Gasteiger partial charge in [-0.3, -0.25) is 4.68 Å². The van der Waals surface area contributed by atoms with Crippen LogP contribution in [0.2, 0.25) is 0 Å². The monoisotopic (exact) mass is 283 g/mol. The predicted octanol–water partition coefficient (Wildman–Crippen LogP) is 1.03. The Morgan fingerprint density at radius 2 is 2.14 bits per heavy atom. The molecule has 2 aromatic heterocycles. The summed E-state index contributed by atoms with van der Waals surface area (Å²) in [6, 6.07) is 2.50. The van der Waals surface area contributed by atoms with Gasteiger partial charge in [-0.2, -0.15) is 10.4 Å². The minimum atomic E-state index is 0.165. The van der Waals surface area contributed by atoms with Crippen molar-refractivity contribution in [1.82, 2.24) is 25.1 Å². The smallest absolute Gasteiger partial charge is 0.220 e. The number of anilines is 1. The van der Waals surface area contributed by atoms with Crippen molar-refractivity contribution >= 4 is 5.95 Å². The van der Waals surface area contributed by atoms with Gasteiger partial charge in [0.1, 0.15) is 6.07 Å². The van der Waals surface area contributed by atoms with Crippen molar-refractivity contribution in [3.8, 4) is 17.3 Å². The summed E-state index contributed by atoms with van der Waals surface area (Å²) in [5, 5.41) is 17.1. The third-order valence-corrected chi connectivity index (χ3v) is 3.88. The van der Waals surface area contributed by atoms with E-state index < -0.39 is 0 Å². The Morgan fingerprint density at radius 3 is 2.86 bits per heavy atom. The van der Waals surface area contributed by atoms with E-state index in [1.165, 1.54) is 6.20 Å². The van der Waals surface area contributed by atoms with Crippen molar-refractivity contribution in [3.05, 3.63) is 23.7 Å². The number of piperidine rings is 1. The summed E-state index contributed by atoms with van der Waals surface area (Å²) in [6.07, 6.45) is 5.33. The summed E-state index contributed by atoms with van der Waals surface area (Å²) in [5.74, 6) is 0.165. The van der Waals surface area contributed by atoms with Crippen molar-refractivity contribution in [2.75, 3.05) is 18.8 Å². The lowest BCUT2D eigenvalue weighted by atomic mass is 10.1. The van der Waals surface area contributed by atoms with Gasteiger partial charge in [-0.15, -0.1) is 0 Å². The molecule has 3 N–H and O–H groups in total. The van der Waals surface area contributed by atoms with E-state index in [2.05, 4.69) is 26.5 Å². The number of nitrogens with zero attached hydrogens (tertiary/aromatic N) is 5. The molecule has 0 unspecified atom stereocenters. The number of nitrogens with one attached hydrogen (secondary N) is 1. The van der Waals surface area contributed by atoms with E-state index in [-0.39, 0.29) is 5.95 Å². The maximum absolute atomic E-state index is 9.21. The molecule has 0 saturated carbocycles. The van der Waals surface area contributed by atoms with Gasteiger partial charge in [0.2, 0.25) is 5.95 Å². The molecule has 0 aliphatic carbocycles. The highest BCUT2D eigenvalue weighted by Crippen LogP contribution is 2.28. The quantitative estimate of drug-likeness (QED) is 0.852. The van der Waals surface area contributed by atoms with Crippen molar-refractivity contribution < 1.29 is 0 Å². The average molecular weight is 283 g/mol. The van der Waals surface area contributed by atoms with Gasteiger partial charge in [0.25, 0.3) is 0 Å². The van der Waals surface area contributed by atoms with Crippen LogP contribution in [-0.2, 0) is 0 Å². The van der Waals surface area contributed by atoms with E-state index in [0.29, 0.717) is 17.3 Å². The fourth-order valence-corrected chi connectivity index (χ4v) is 2.76.